The lowest BCUT2D eigenvalue weighted by Gasteiger charge is -2.48. The van der Waals surface area contributed by atoms with Gasteiger partial charge in [-0.25, -0.2) is 0 Å². The van der Waals surface area contributed by atoms with Crippen molar-refractivity contribution in [1.29, 1.82) is 0 Å². The van der Waals surface area contributed by atoms with Crippen LogP contribution < -0.4 is 0 Å². The minimum absolute atomic E-state index is 0.0907. The van der Waals surface area contributed by atoms with Gasteiger partial charge in [-0.15, -0.1) is 0 Å². The van der Waals surface area contributed by atoms with Crippen molar-refractivity contribution in [3.8, 4) is 0 Å². The van der Waals surface area contributed by atoms with Crippen LogP contribution in [0.1, 0.15) is 23.3 Å². The number of rotatable bonds is 2. The summed E-state index contributed by atoms with van der Waals surface area (Å²) in [5.74, 6) is 0.897. The van der Waals surface area contributed by atoms with Gasteiger partial charge < -0.3 is 14.2 Å². The van der Waals surface area contributed by atoms with Crippen LogP contribution in [0.15, 0.2) is 24.3 Å². The molecule has 2 aliphatic heterocycles. The van der Waals surface area contributed by atoms with Crippen molar-refractivity contribution in [3.63, 3.8) is 0 Å². The van der Waals surface area contributed by atoms with Gasteiger partial charge in [0.05, 0.1) is 19.3 Å². The van der Waals surface area contributed by atoms with Crippen LogP contribution in [0.4, 0.5) is 0 Å². The number of hydrogen-bond donors (Lipinski definition) is 0. The lowest BCUT2D eigenvalue weighted by atomic mass is 10.0. The average molecular weight is 374 g/mol. The smallest absolute Gasteiger partial charge is 0.270 e. The number of hydrogen-bond acceptors (Lipinski definition) is 3. The van der Waals surface area contributed by atoms with Gasteiger partial charge in [-0.1, -0.05) is 17.7 Å². The number of ether oxygens (including phenoxy) is 1. The SMILES string of the molecule is Cn1c(C(=O)N2CCN3[C@@H](COC[C@@H]3C3CC3)C2)cc2c(Cl)cccc21. The number of halogens is 1. The molecule has 1 aromatic heterocycles. The van der Waals surface area contributed by atoms with Crippen LogP contribution in [0.2, 0.25) is 5.02 Å². The molecule has 3 heterocycles. The molecule has 138 valence electrons. The van der Waals surface area contributed by atoms with E-state index in [-0.39, 0.29) is 5.91 Å². The second-order valence-electron chi connectivity index (χ2n) is 7.85. The molecule has 0 radical (unpaired) electrons. The van der Waals surface area contributed by atoms with Crippen LogP contribution in [0.3, 0.4) is 0 Å². The molecule has 26 heavy (non-hydrogen) atoms. The number of piperazine rings is 1. The van der Waals surface area contributed by atoms with Crippen LogP contribution in [-0.4, -0.2) is 65.2 Å². The normalized spacial score (nSPS) is 26.9. The predicted molar refractivity (Wildman–Crippen MR) is 102 cm³/mol. The van der Waals surface area contributed by atoms with Crippen LogP contribution in [0, 0.1) is 5.92 Å². The Morgan fingerprint density at radius 1 is 1.23 bits per heavy atom. The Labute approximate surface area is 158 Å². The number of amides is 1. The zero-order valence-corrected chi connectivity index (χ0v) is 15.8. The summed E-state index contributed by atoms with van der Waals surface area (Å²) in [5.41, 5.74) is 1.70. The molecule has 3 fully saturated rings. The summed E-state index contributed by atoms with van der Waals surface area (Å²) in [4.78, 5) is 17.8. The minimum Gasteiger partial charge on any atom is -0.378 e. The zero-order valence-electron chi connectivity index (χ0n) is 15.0. The monoisotopic (exact) mass is 373 g/mol. The van der Waals surface area contributed by atoms with E-state index in [1.54, 1.807) is 0 Å². The highest BCUT2D eigenvalue weighted by Crippen LogP contribution is 2.38. The number of carbonyl (C=O) groups excluding carboxylic acids is 1. The predicted octanol–water partition coefficient (Wildman–Crippen LogP) is 2.77. The Bertz CT molecular complexity index is 860. The van der Waals surface area contributed by atoms with Crippen LogP contribution in [0.5, 0.6) is 0 Å². The van der Waals surface area contributed by atoms with Crippen LogP contribution in [0.25, 0.3) is 10.9 Å². The summed E-state index contributed by atoms with van der Waals surface area (Å²) in [6.45, 7) is 4.07. The molecular weight excluding hydrogens is 350 g/mol. The van der Waals surface area contributed by atoms with E-state index >= 15 is 0 Å². The van der Waals surface area contributed by atoms with E-state index in [0.717, 1.165) is 49.7 Å². The molecule has 1 saturated carbocycles. The molecule has 2 atom stereocenters. The zero-order chi connectivity index (χ0) is 17.8. The van der Waals surface area contributed by atoms with E-state index in [0.29, 0.717) is 22.8 Å². The van der Waals surface area contributed by atoms with E-state index in [2.05, 4.69) is 4.90 Å². The summed E-state index contributed by atoms with van der Waals surface area (Å²) in [6.07, 6.45) is 2.66. The summed E-state index contributed by atoms with van der Waals surface area (Å²) >= 11 is 6.31. The molecule has 2 aromatic rings. The first-order chi connectivity index (χ1) is 12.6. The highest BCUT2D eigenvalue weighted by Gasteiger charge is 2.43. The summed E-state index contributed by atoms with van der Waals surface area (Å²) < 4.78 is 7.83. The standard InChI is InChI=1S/C20H24ClN3O2/c1-22-17-4-2-3-16(21)15(17)9-18(22)20(25)23-7-8-24-14(10-23)11-26-12-19(24)13-5-6-13/h2-4,9,13-14,19H,5-8,10-12H2,1H3/t14-,19-/m1/s1. The van der Waals surface area contributed by atoms with Gasteiger partial charge in [0.25, 0.3) is 5.91 Å². The lowest BCUT2D eigenvalue weighted by molar-refractivity contribution is -0.0817. The van der Waals surface area contributed by atoms with E-state index in [4.69, 9.17) is 16.3 Å². The highest BCUT2D eigenvalue weighted by molar-refractivity contribution is 6.35. The molecule has 6 heteroatoms. The Balaban J connectivity index is 1.38. The van der Waals surface area contributed by atoms with Crippen molar-refractivity contribution in [2.24, 2.45) is 13.0 Å². The van der Waals surface area contributed by atoms with Crippen LogP contribution >= 0.6 is 11.6 Å². The maximum Gasteiger partial charge on any atom is 0.270 e. The van der Waals surface area contributed by atoms with Crippen molar-refractivity contribution in [2.75, 3.05) is 32.8 Å². The third kappa shape index (κ3) is 2.65. The molecule has 1 amide bonds. The first-order valence-corrected chi connectivity index (χ1v) is 9.88. The van der Waals surface area contributed by atoms with E-state index in [9.17, 15) is 4.79 Å². The topological polar surface area (TPSA) is 37.7 Å². The first kappa shape index (κ1) is 16.6. The number of morpholine rings is 1. The number of benzene rings is 1. The van der Waals surface area contributed by atoms with Gasteiger partial charge in [0.1, 0.15) is 5.69 Å². The number of aryl methyl sites for hydroxylation is 1. The quantitative estimate of drug-likeness (QED) is 0.812. The van der Waals surface area contributed by atoms with E-state index in [1.165, 1.54) is 12.8 Å². The van der Waals surface area contributed by atoms with E-state index < -0.39 is 0 Å². The fraction of sp³-hybridized carbons (Fsp3) is 0.550. The molecule has 0 spiro atoms. The van der Waals surface area contributed by atoms with Gasteiger partial charge in [0, 0.05) is 48.6 Å². The molecule has 5 rings (SSSR count). The van der Waals surface area contributed by atoms with Crippen molar-refractivity contribution in [3.05, 3.63) is 35.0 Å². The van der Waals surface area contributed by atoms with Gasteiger partial charge in [-0.05, 0) is 37.0 Å². The second kappa shape index (κ2) is 6.25. The molecule has 0 unspecified atom stereocenters. The molecule has 0 bridgehead atoms. The molecule has 1 aliphatic carbocycles. The third-order valence-corrected chi connectivity index (χ3v) is 6.59. The van der Waals surface area contributed by atoms with Gasteiger partial charge >= 0.3 is 0 Å². The molecule has 2 saturated heterocycles. The highest BCUT2D eigenvalue weighted by atomic mass is 35.5. The molecule has 5 nitrogen and oxygen atoms in total. The number of fused-ring (bicyclic) bond motifs is 2. The van der Waals surface area contributed by atoms with Gasteiger partial charge in [0.2, 0.25) is 0 Å². The largest absolute Gasteiger partial charge is 0.378 e. The summed E-state index contributed by atoms with van der Waals surface area (Å²) in [6, 6.07) is 8.61. The summed E-state index contributed by atoms with van der Waals surface area (Å²) in [7, 11) is 1.94. The Kier molecular flexibility index (Phi) is 3.99. The molecular formula is C20H24ClN3O2. The fourth-order valence-electron chi connectivity index (χ4n) is 4.64. The van der Waals surface area contributed by atoms with Gasteiger partial charge in [0.15, 0.2) is 0 Å². The summed E-state index contributed by atoms with van der Waals surface area (Å²) in [5, 5.41) is 1.63. The maximum atomic E-state index is 13.2. The fourth-order valence-corrected chi connectivity index (χ4v) is 4.86. The average Bonchev–Trinajstić information content (AvgIpc) is 3.45. The number of nitrogens with zero attached hydrogens (tertiary/aromatic N) is 3. The van der Waals surface area contributed by atoms with Crippen molar-refractivity contribution in [2.45, 2.75) is 24.9 Å². The van der Waals surface area contributed by atoms with E-state index in [1.807, 2.05) is 40.8 Å². The lowest BCUT2D eigenvalue weighted by Crippen LogP contribution is -2.63. The van der Waals surface area contributed by atoms with Crippen molar-refractivity contribution in [1.82, 2.24) is 14.4 Å². The minimum atomic E-state index is 0.0907. The van der Waals surface area contributed by atoms with Crippen molar-refractivity contribution < 1.29 is 9.53 Å². The second-order valence-corrected chi connectivity index (χ2v) is 8.25. The Morgan fingerprint density at radius 2 is 2.08 bits per heavy atom. The molecule has 0 N–H and O–H groups in total. The number of carbonyl (C=O) groups is 1. The Morgan fingerprint density at radius 3 is 2.85 bits per heavy atom. The molecule has 1 aromatic carbocycles. The molecule has 3 aliphatic rings. The van der Waals surface area contributed by atoms with Gasteiger partial charge in [-0.3, -0.25) is 9.69 Å². The number of aromatic nitrogens is 1. The Hall–Kier alpha value is -1.56. The van der Waals surface area contributed by atoms with Crippen molar-refractivity contribution >= 4 is 28.4 Å². The third-order valence-electron chi connectivity index (χ3n) is 6.26. The first-order valence-electron chi connectivity index (χ1n) is 9.50. The van der Waals surface area contributed by atoms with Gasteiger partial charge in [-0.2, -0.15) is 0 Å². The maximum absolute atomic E-state index is 13.2. The van der Waals surface area contributed by atoms with Crippen LogP contribution in [-0.2, 0) is 11.8 Å².